The van der Waals surface area contributed by atoms with Crippen LogP contribution >= 0.6 is 0 Å². The molecule has 17 heavy (non-hydrogen) atoms. The second-order valence-corrected chi connectivity index (χ2v) is 4.57. The second-order valence-electron chi connectivity index (χ2n) is 4.57. The molecule has 0 spiro atoms. The SMILES string of the molecule is Cc1ccc2c(c1)OCCCc1c(C)ncn1-2. The van der Waals surface area contributed by atoms with E-state index in [1.54, 1.807) is 0 Å². The van der Waals surface area contributed by atoms with Gasteiger partial charge in [0.1, 0.15) is 5.75 Å². The molecule has 0 aliphatic carbocycles. The first-order valence-electron chi connectivity index (χ1n) is 6.02. The minimum Gasteiger partial charge on any atom is -0.491 e. The van der Waals surface area contributed by atoms with Crippen LogP contribution in [0.3, 0.4) is 0 Å². The average Bonchev–Trinajstić information content (AvgIpc) is 2.63. The highest BCUT2D eigenvalue weighted by molar-refractivity contribution is 5.50. The van der Waals surface area contributed by atoms with Crippen LogP contribution in [0, 0.1) is 13.8 Å². The number of hydrogen-bond acceptors (Lipinski definition) is 2. The summed E-state index contributed by atoms with van der Waals surface area (Å²) in [6, 6.07) is 6.32. The molecule has 0 amide bonds. The van der Waals surface area contributed by atoms with Gasteiger partial charge in [0, 0.05) is 5.69 Å². The van der Waals surface area contributed by atoms with Crippen molar-refractivity contribution in [3.63, 3.8) is 0 Å². The zero-order chi connectivity index (χ0) is 11.8. The third kappa shape index (κ3) is 1.71. The Balaban J connectivity index is 2.22. The second kappa shape index (κ2) is 3.91. The fraction of sp³-hybridized carbons (Fsp3) is 0.357. The lowest BCUT2D eigenvalue weighted by Gasteiger charge is -2.18. The number of imidazole rings is 1. The van der Waals surface area contributed by atoms with E-state index in [0.29, 0.717) is 0 Å². The van der Waals surface area contributed by atoms with E-state index in [0.717, 1.165) is 36.6 Å². The maximum absolute atomic E-state index is 5.83. The molecule has 1 aliphatic heterocycles. The van der Waals surface area contributed by atoms with E-state index in [4.69, 9.17) is 4.74 Å². The van der Waals surface area contributed by atoms with E-state index in [1.165, 1.54) is 11.3 Å². The molecule has 0 saturated carbocycles. The third-order valence-corrected chi connectivity index (χ3v) is 3.27. The molecule has 0 atom stereocenters. The Morgan fingerprint density at radius 2 is 2.18 bits per heavy atom. The van der Waals surface area contributed by atoms with Gasteiger partial charge in [0.15, 0.2) is 0 Å². The molecule has 0 unspecified atom stereocenters. The van der Waals surface area contributed by atoms with Crippen molar-refractivity contribution in [3.05, 3.63) is 41.5 Å². The minimum absolute atomic E-state index is 0.779. The number of benzene rings is 1. The van der Waals surface area contributed by atoms with E-state index in [1.807, 2.05) is 6.33 Å². The van der Waals surface area contributed by atoms with Crippen LogP contribution in [-0.4, -0.2) is 16.2 Å². The molecule has 3 heteroatoms. The molecule has 0 bridgehead atoms. The van der Waals surface area contributed by atoms with Crippen molar-refractivity contribution in [3.8, 4) is 11.4 Å². The fourth-order valence-electron chi connectivity index (χ4n) is 2.33. The minimum atomic E-state index is 0.779. The summed E-state index contributed by atoms with van der Waals surface area (Å²) in [7, 11) is 0. The van der Waals surface area contributed by atoms with Crippen molar-refractivity contribution in [1.29, 1.82) is 0 Å². The van der Waals surface area contributed by atoms with Gasteiger partial charge in [-0.2, -0.15) is 0 Å². The Bertz CT molecular complexity index is 557. The molecule has 0 fully saturated rings. The maximum Gasteiger partial charge on any atom is 0.143 e. The Kier molecular flexibility index (Phi) is 2.39. The van der Waals surface area contributed by atoms with E-state index in [2.05, 4.69) is 41.6 Å². The van der Waals surface area contributed by atoms with Gasteiger partial charge in [-0.3, -0.25) is 4.57 Å². The van der Waals surface area contributed by atoms with Gasteiger partial charge in [-0.15, -0.1) is 0 Å². The summed E-state index contributed by atoms with van der Waals surface area (Å²) < 4.78 is 7.98. The van der Waals surface area contributed by atoms with Crippen molar-refractivity contribution < 1.29 is 4.74 Å². The summed E-state index contributed by atoms with van der Waals surface area (Å²) in [5, 5.41) is 0. The van der Waals surface area contributed by atoms with Crippen molar-refractivity contribution in [2.75, 3.05) is 6.61 Å². The Labute approximate surface area is 101 Å². The summed E-state index contributed by atoms with van der Waals surface area (Å²) in [5.41, 5.74) is 4.76. The molecular weight excluding hydrogens is 212 g/mol. The molecule has 0 N–H and O–H groups in total. The highest BCUT2D eigenvalue weighted by atomic mass is 16.5. The number of rotatable bonds is 0. The van der Waals surface area contributed by atoms with Crippen LogP contribution in [0.4, 0.5) is 0 Å². The molecule has 88 valence electrons. The van der Waals surface area contributed by atoms with E-state index in [-0.39, 0.29) is 0 Å². The van der Waals surface area contributed by atoms with Crippen molar-refractivity contribution in [2.24, 2.45) is 0 Å². The van der Waals surface area contributed by atoms with Gasteiger partial charge < -0.3 is 4.74 Å². The Hall–Kier alpha value is -1.77. The number of aryl methyl sites for hydroxylation is 2. The van der Waals surface area contributed by atoms with Crippen LogP contribution in [0.1, 0.15) is 23.4 Å². The predicted molar refractivity (Wildman–Crippen MR) is 66.9 cm³/mol. The monoisotopic (exact) mass is 228 g/mol. The Morgan fingerprint density at radius 1 is 1.29 bits per heavy atom. The molecule has 3 nitrogen and oxygen atoms in total. The van der Waals surface area contributed by atoms with Crippen LogP contribution in [0.25, 0.3) is 5.69 Å². The lowest BCUT2D eigenvalue weighted by Crippen LogP contribution is -2.10. The van der Waals surface area contributed by atoms with Gasteiger partial charge >= 0.3 is 0 Å². The lowest BCUT2D eigenvalue weighted by molar-refractivity contribution is 0.304. The van der Waals surface area contributed by atoms with Gasteiger partial charge in [-0.1, -0.05) is 6.07 Å². The summed E-state index contributed by atoms with van der Waals surface area (Å²) >= 11 is 0. The first kappa shape index (κ1) is 10.4. The van der Waals surface area contributed by atoms with Gasteiger partial charge in [-0.05, 0) is 44.4 Å². The van der Waals surface area contributed by atoms with Gasteiger partial charge in [0.2, 0.25) is 0 Å². The third-order valence-electron chi connectivity index (χ3n) is 3.27. The topological polar surface area (TPSA) is 27.1 Å². The highest BCUT2D eigenvalue weighted by Crippen LogP contribution is 2.28. The molecule has 1 aromatic carbocycles. The van der Waals surface area contributed by atoms with Crippen LogP contribution in [-0.2, 0) is 6.42 Å². The number of hydrogen-bond donors (Lipinski definition) is 0. The van der Waals surface area contributed by atoms with Crippen LogP contribution < -0.4 is 4.74 Å². The molecule has 1 aliphatic rings. The first-order chi connectivity index (χ1) is 8.25. The molecule has 2 aromatic rings. The zero-order valence-corrected chi connectivity index (χ0v) is 10.2. The number of ether oxygens (including phenoxy) is 1. The zero-order valence-electron chi connectivity index (χ0n) is 10.2. The Morgan fingerprint density at radius 3 is 3.06 bits per heavy atom. The van der Waals surface area contributed by atoms with Crippen LogP contribution in [0.2, 0.25) is 0 Å². The average molecular weight is 228 g/mol. The van der Waals surface area contributed by atoms with Crippen molar-refractivity contribution >= 4 is 0 Å². The van der Waals surface area contributed by atoms with E-state index in [9.17, 15) is 0 Å². The van der Waals surface area contributed by atoms with Crippen molar-refractivity contribution in [1.82, 2.24) is 9.55 Å². The summed E-state index contributed by atoms with van der Waals surface area (Å²) in [5.74, 6) is 0.961. The maximum atomic E-state index is 5.83. The molecular formula is C14H16N2O. The largest absolute Gasteiger partial charge is 0.491 e. The lowest BCUT2D eigenvalue weighted by atomic mass is 10.1. The molecule has 0 radical (unpaired) electrons. The standard InChI is InChI=1S/C14H16N2O/c1-10-5-6-13-14(8-10)17-7-3-4-12-11(2)15-9-16(12)13/h5-6,8-9H,3-4,7H2,1-2H3. The number of nitrogens with zero attached hydrogens (tertiary/aromatic N) is 2. The molecule has 3 rings (SSSR count). The van der Waals surface area contributed by atoms with E-state index < -0.39 is 0 Å². The predicted octanol–water partition coefficient (Wildman–Crippen LogP) is 2.81. The van der Waals surface area contributed by atoms with Crippen molar-refractivity contribution in [2.45, 2.75) is 26.7 Å². The molecule has 2 heterocycles. The van der Waals surface area contributed by atoms with E-state index >= 15 is 0 Å². The summed E-state index contributed by atoms with van der Waals surface area (Å²) in [6.45, 7) is 4.94. The first-order valence-corrected chi connectivity index (χ1v) is 6.02. The van der Waals surface area contributed by atoms with Gasteiger partial charge in [-0.25, -0.2) is 4.98 Å². The normalized spacial score (nSPS) is 14.2. The van der Waals surface area contributed by atoms with Gasteiger partial charge in [0.05, 0.1) is 24.3 Å². The fourth-order valence-corrected chi connectivity index (χ4v) is 2.33. The summed E-state index contributed by atoms with van der Waals surface area (Å²) in [4.78, 5) is 4.41. The number of fused-ring (bicyclic) bond motifs is 3. The van der Waals surface area contributed by atoms with Crippen LogP contribution in [0.5, 0.6) is 5.75 Å². The number of aromatic nitrogens is 2. The van der Waals surface area contributed by atoms with Gasteiger partial charge in [0.25, 0.3) is 0 Å². The highest BCUT2D eigenvalue weighted by Gasteiger charge is 2.15. The molecule has 0 saturated heterocycles. The molecule has 1 aromatic heterocycles. The summed E-state index contributed by atoms with van der Waals surface area (Å²) in [6.07, 6.45) is 3.96. The van der Waals surface area contributed by atoms with Crippen LogP contribution in [0.15, 0.2) is 24.5 Å². The smallest absolute Gasteiger partial charge is 0.143 e. The quantitative estimate of drug-likeness (QED) is 0.693.